The highest BCUT2D eigenvalue weighted by Gasteiger charge is 2.26. The molecule has 7 nitrogen and oxygen atoms in total. The molecule has 0 aliphatic rings. The quantitative estimate of drug-likeness (QED) is 0.326. The molecular weight excluding hydrogens is 474 g/mol. The zero-order valence-corrected chi connectivity index (χ0v) is 20.4. The highest BCUT2D eigenvalue weighted by atomic mass is 32.2. The number of benzene rings is 3. The Hall–Kier alpha value is -4.14. The lowest BCUT2D eigenvalue weighted by Gasteiger charge is -2.16. The van der Waals surface area contributed by atoms with Gasteiger partial charge in [0.1, 0.15) is 6.04 Å². The molecule has 182 valence electrons. The fourth-order valence-corrected chi connectivity index (χ4v) is 5.25. The number of aliphatic carboxylic acids is 1. The molecule has 0 saturated carbocycles. The standard InChI is InChI=1S/C16H17NO4S.C12H8N2/c1-12-7-5-6-10-15(12)22(20,21)17-14(16(18)19)11-13-8-3-2-4-9-13;1-3-9-5-6-10-4-2-8-14-12(10)11(9)13-7-1/h2-10,14,17H,11H2,1H3,(H,18,19);1-8H. The molecule has 0 amide bonds. The molecule has 0 bridgehead atoms. The van der Waals surface area contributed by atoms with Crippen LogP contribution in [0.1, 0.15) is 11.1 Å². The Morgan fingerprint density at radius 1 is 0.806 bits per heavy atom. The number of pyridine rings is 2. The molecule has 0 aliphatic heterocycles. The number of carboxylic acid groups (broad SMARTS) is 1. The van der Waals surface area contributed by atoms with Gasteiger partial charge in [-0.05, 0) is 42.7 Å². The number of rotatable bonds is 6. The van der Waals surface area contributed by atoms with Gasteiger partial charge in [0, 0.05) is 23.2 Å². The van der Waals surface area contributed by atoms with Gasteiger partial charge in [0.05, 0.1) is 15.9 Å². The third-order valence-corrected chi connectivity index (χ3v) is 7.24. The summed E-state index contributed by atoms with van der Waals surface area (Å²) in [5.41, 5.74) is 3.28. The van der Waals surface area contributed by atoms with Crippen LogP contribution in [0.5, 0.6) is 0 Å². The minimum absolute atomic E-state index is 0.0846. The molecule has 2 aromatic heterocycles. The van der Waals surface area contributed by atoms with Gasteiger partial charge < -0.3 is 5.11 Å². The zero-order valence-electron chi connectivity index (χ0n) is 19.6. The fraction of sp³-hybridized carbons (Fsp3) is 0.107. The van der Waals surface area contributed by atoms with Crippen LogP contribution in [0.25, 0.3) is 21.8 Å². The van der Waals surface area contributed by atoms with Crippen molar-refractivity contribution in [1.29, 1.82) is 0 Å². The summed E-state index contributed by atoms with van der Waals surface area (Å²) in [5.74, 6) is -1.21. The Kier molecular flexibility index (Phi) is 7.68. The van der Waals surface area contributed by atoms with Crippen LogP contribution in [-0.4, -0.2) is 35.5 Å². The van der Waals surface area contributed by atoms with Crippen molar-refractivity contribution in [3.8, 4) is 0 Å². The summed E-state index contributed by atoms with van der Waals surface area (Å²) < 4.78 is 27.0. The molecule has 0 aliphatic carbocycles. The number of hydrogen-bond acceptors (Lipinski definition) is 5. The van der Waals surface area contributed by atoms with E-state index in [1.807, 2.05) is 18.2 Å². The third-order valence-electron chi connectivity index (χ3n) is 5.61. The smallest absolute Gasteiger partial charge is 0.322 e. The van der Waals surface area contributed by atoms with E-state index in [0.717, 1.165) is 27.4 Å². The molecule has 8 heteroatoms. The maximum Gasteiger partial charge on any atom is 0.322 e. The van der Waals surface area contributed by atoms with Crippen molar-refractivity contribution in [2.45, 2.75) is 24.3 Å². The van der Waals surface area contributed by atoms with Gasteiger partial charge in [0.25, 0.3) is 0 Å². The van der Waals surface area contributed by atoms with E-state index in [0.29, 0.717) is 5.56 Å². The summed E-state index contributed by atoms with van der Waals surface area (Å²) in [6, 6.07) is 26.3. The molecule has 1 atom stereocenters. The summed E-state index contributed by atoms with van der Waals surface area (Å²) in [7, 11) is -3.89. The Morgan fingerprint density at radius 3 is 1.92 bits per heavy atom. The summed E-state index contributed by atoms with van der Waals surface area (Å²) in [5, 5.41) is 11.6. The minimum Gasteiger partial charge on any atom is -0.480 e. The molecule has 0 fully saturated rings. The number of carboxylic acids is 1. The largest absolute Gasteiger partial charge is 0.480 e. The number of hydrogen-bond donors (Lipinski definition) is 2. The molecule has 0 radical (unpaired) electrons. The molecule has 5 aromatic rings. The second kappa shape index (κ2) is 11.1. The molecule has 3 aromatic carbocycles. The Balaban J connectivity index is 0.000000185. The molecule has 5 rings (SSSR count). The van der Waals surface area contributed by atoms with E-state index in [9.17, 15) is 18.3 Å². The second-order valence-electron chi connectivity index (χ2n) is 8.18. The van der Waals surface area contributed by atoms with Crippen LogP contribution in [0.15, 0.2) is 108 Å². The van der Waals surface area contributed by atoms with E-state index in [1.165, 1.54) is 6.07 Å². The van der Waals surface area contributed by atoms with Gasteiger partial charge in [0.15, 0.2) is 0 Å². The molecular formula is C28H25N3O4S. The molecule has 0 spiro atoms. The van der Waals surface area contributed by atoms with E-state index in [1.54, 1.807) is 61.8 Å². The van der Waals surface area contributed by atoms with E-state index < -0.39 is 22.0 Å². The predicted octanol–water partition coefficient (Wildman–Crippen LogP) is 4.75. The molecule has 2 N–H and O–H groups in total. The molecule has 36 heavy (non-hydrogen) atoms. The van der Waals surface area contributed by atoms with Crippen LogP contribution in [0.2, 0.25) is 0 Å². The number of aromatic nitrogens is 2. The van der Waals surface area contributed by atoms with Gasteiger partial charge in [-0.1, -0.05) is 72.8 Å². The number of carbonyl (C=O) groups is 1. The summed E-state index contributed by atoms with van der Waals surface area (Å²) in [6.45, 7) is 1.67. The SMILES string of the molecule is Cc1ccccc1S(=O)(=O)NC(Cc1ccccc1)C(=O)O.c1cnc2c(c1)ccc1cccnc12. The molecule has 0 saturated heterocycles. The van der Waals surface area contributed by atoms with Gasteiger partial charge >= 0.3 is 5.97 Å². The number of nitrogens with zero attached hydrogens (tertiary/aromatic N) is 2. The van der Waals surface area contributed by atoms with Crippen molar-refractivity contribution < 1.29 is 18.3 Å². The first kappa shape index (κ1) is 25.0. The summed E-state index contributed by atoms with van der Waals surface area (Å²) in [4.78, 5) is 20.2. The highest BCUT2D eigenvalue weighted by molar-refractivity contribution is 7.89. The number of fused-ring (bicyclic) bond motifs is 3. The van der Waals surface area contributed by atoms with Gasteiger partial charge in [0.2, 0.25) is 10.0 Å². The lowest BCUT2D eigenvalue weighted by molar-refractivity contribution is -0.138. The van der Waals surface area contributed by atoms with Crippen LogP contribution in [0.4, 0.5) is 0 Å². The van der Waals surface area contributed by atoms with Crippen LogP contribution in [-0.2, 0) is 21.2 Å². The summed E-state index contributed by atoms with van der Waals surface area (Å²) in [6.07, 6.45) is 3.69. The minimum atomic E-state index is -3.89. The Morgan fingerprint density at radius 2 is 1.36 bits per heavy atom. The van der Waals surface area contributed by atoms with Gasteiger partial charge in [-0.3, -0.25) is 14.8 Å². The summed E-state index contributed by atoms with van der Waals surface area (Å²) >= 11 is 0. The van der Waals surface area contributed by atoms with Crippen LogP contribution >= 0.6 is 0 Å². The van der Waals surface area contributed by atoms with E-state index in [4.69, 9.17) is 0 Å². The van der Waals surface area contributed by atoms with Crippen molar-refractivity contribution in [3.05, 3.63) is 115 Å². The first-order valence-electron chi connectivity index (χ1n) is 11.3. The normalized spacial score (nSPS) is 12.0. The predicted molar refractivity (Wildman–Crippen MR) is 140 cm³/mol. The first-order valence-corrected chi connectivity index (χ1v) is 12.8. The first-order chi connectivity index (χ1) is 17.3. The van der Waals surface area contributed by atoms with Gasteiger partial charge in [-0.2, -0.15) is 4.72 Å². The Labute approximate surface area is 209 Å². The van der Waals surface area contributed by atoms with E-state index in [2.05, 4.69) is 39.0 Å². The van der Waals surface area contributed by atoms with Crippen LogP contribution < -0.4 is 4.72 Å². The van der Waals surface area contributed by atoms with Crippen molar-refractivity contribution in [1.82, 2.24) is 14.7 Å². The average molecular weight is 500 g/mol. The zero-order chi connectivity index (χ0) is 25.5. The maximum absolute atomic E-state index is 12.4. The van der Waals surface area contributed by atoms with Crippen molar-refractivity contribution in [3.63, 3.8) is 0 Å². The second-order valence-corrected chi connectivity index (χ2v) is 9.87. The fourth-order valence-electron chi connectivity index (χ4n) is 3.82. The van der Waals surface area contributed by atoms with Gasteiger partial charge in [-0.25, -0.2) is 8.42 Å². The number of sulfonamides is 1. The van der Waals surface area contributed by atoms with Crippen molar-refractivity contribution in [2.24, 2.45) is 0 Å². The highest BCUT2D eigenvalue weighted by Crippen LogP contribution is 2.20. The average Bonchev–Trinajstić information content (AvgIpc) is 2.89. The monoisotopic (exact) mass is 499 g/mol. The van der Waals surface area contributed by atoms with Gasteiger partial charge in [-0.15, -0.1) is 0 Å². The topological polar surface area (TPSA) is 109 Å². The Bertz CT molecular complexity index is 1550. The third kappa shape index (κ3) is 5.91. The van der Waals surface area contributed by atoms with E-state index in [-0.39, 0.29) is 11.3 Å². The lowest BCUT2D eigenvalue weighted by atomic mass is 10.1. The van der Waals surface area contributed by atoms with E-state index >= 15 is 0 Å². The number of nitrogens with one attached hydrogen (secondary N) is 1. The maximum atomic E-state index is 12.4. The van der Waals surface area contributed by atoms with Crippen molar-refractivity contribution in [2.75, 3.05) is 0 Å². The molecule has 1 unspecified atom stereocenters. The number of aryl methyl sites for hydroxylation is 1. The lowest BCUT2D eigenvalue weighted by Crippen LogP contribution is -2.42. The van der Waals surface area contributed by atoms with Crippen LogP contribution in [0, 0.1) is 6.92 Å². The van der Waals surface area contributed by atoms with Crippen LogP contribution in [0.3, 0.4) is 0 Å². The molecule has 2 heterocycles. The van der Waals surface area contributed by atoms with Crippen molar-refractivity contribution >= 4 is 37.8 Å².